The Morgan fingerprint density at radius 1 is 0.913 bits per heavy atom. The van der Waals surface area contributed by atoms with Gasteiger partial charge in [0.1, 0.15) is 0 Å². The zero-order valence-electron chi connectivity index (χ0n) is 13.2. The van der Waals surface area contributed by atoms with E-state index in [1.165, 1.54) is 11.3 Å². The lowest BCUT2D eigenvalue weighted by atomic mass is 10.1. The van der Waals surface area contributed by atoms with E-state index in [1.54, 1.807) is 0 Å². The molecule has 2 aliphatic rings. The highest BCUT2D eigenvalue weighted by Gasteiger charge is 2.19. The molecule has 1 fully saturated rings. The number of hydrogen-bond donors (Lipinski definition) is 1. The molecule has 0 atom stereocenters. The predicted molar refractivity (Wildman–Crippen MR) is 100 cm³/mol. The van der Waals surface area contributed by atoms with Crippen LogP contribution >= 0.6 is 12.4 Å². The summed E-state index contributed by atoms with van der Waals surface area (Å²) < 4.78 is 0. The number of halogens is 1. The summed E-state index contributed by atoms with van der Waals surface area (Å²) in [6.45, 7) is 4.34. The second-order valence-corrected chi connectivity index (χ2v) is 5.93. The minimum atomic E-state index is 0. The molecule has 0 spiro atoms. The van der Waals surface area contributed by atoms with Crippen LogP contribution in [0.3, 0.4) is 0 Å². The Kier molecular flexibility index (Phi) is 4.55. The van der Waals surface area contributed by atoms with Gasteiger partial charge in [0, 0.05) is 49.3 Å². The molecule has 2 aliphatic heterocycles. The summed E-state index contributed by atoms with van der Waals surface area (Å²) in [5.41, 5.74) is 5.64. The van der Waals surface area contributed by atoms with Crippen molar-refractivity contribution in [3.8, 4) is 0 Å². The average molecular weight is 329 g/mol. The van der Waals surface area contributed by atoms with Crippen LogP contribution < -0.4 is 10.2 Å². The monoisotopic (exact) mass is 328 g/mol. The third-order valence-corrected chi connectivity index (χ3v) is 4.43. The van der Waals surface area contributed by atoms with Crippen molar-refractivity contribution in [1.29, 1.82) is 0 Å². The van der Waals surface area contributed by atoms with Crippen LogP contribution in [0.25, 0.3) is 0 Å². The van der Waals surface area contributed by atoms with Crippen LogP contribution in [0.1, 0.15) is 5.56 Å². The normalized spacial score (nSPS) is 16.7. The maximum atomic E-state index is 4.67. The van der Waals surface area contributed by atoms with E-state index in [0.29, 0.717) is 0 Å². The van der Waals surface area contributed by atoms with Crippen molar-refractivity contribution >= 4 is 41.4 Å². The molecule has 5 heteroatoms. The fraction of sp³-hybridized carbons (Fsp3) is 0.278. The lowest BCUT2D eigenvalue weighted by Gasteiger charge is -2.35. The fourth-order valence-electron chi connectivity index (χ4n) is 3.09. The number of rotatable bonds is 1. The van der Waals surface area contributed by atoms with E-state index < -0.39 is 0 Å². The van der Waals surface area contributed by atoms with E-state index in [2.05, 4.69) is 51.4 Å². The Bertz CT molecular complexity index is 721. The summed E-state index contributed by atoms with van der Waals surface area (Å²) in [6, 6.07) is 14.6. The summed E-state index contributed by atoms with van der Waals surface area (Å²) >= 11 is 0. The highest BCUT2D eigenvalue weighted by atomic mass is 35.5. The molecule has 1 N–H and O–H groups in total. The number of benzene rings is 2. The van der Waals surface area contributed by atoms with E-state index in [-0.39, 0.29) is 12.4 Å². The van der Waals surface area contributed by atoms with Gasteiger partial charge in [-0.05, 0) is 31.3 Å². The molecule has 1 saturated heterocycles. The van der Waals surface area contributed by atoms with Crippen molar-refractivity contribution in [1.82, 2.24) is 4.90 Å². The van der Waals surface area contributed by atoms with Crippen LogP contribution in [-0.2, 0) is 0 Å². The molecule has 0 saturated carbocycles. The SMILES string of the molecule is CN1CCN(c2cccc3c2C=Nc2ccccc2N3)CC1.Cl. The van der Waals surface area contributed by atoms with Gasteiger partial charge in [-0.15, -0.1) is 12.4 Å². The molecule has 0 amide bonds. The van der Waals surface area contributed by atoms with E-state index in [4.69, 9.17) is 0 Å². The molecule has 0 aliphatic carbocycles. The standard InChI is InChI=1S/C18H20N4.ClH/c1-21-9-11-22(12-10-21)18-8-4-7-15-14(18)13-19-16-5-2-3-6-17(16)20-15;/h2-8,13,20H,9-12H2,1H3;1H. The number of fused-ring (bicyclic) bond motifs is 2. The van der Waals surface area contributed by atoms with Gasteiger partial charge in [-0.2, -0.15) is 0 Å². The first-order valence-electron chi connectivity index (χ1n) is 7.78. The highest BCUT2D eigenvalue weighted by Crippen LogP contribution is 2.35. The molecule has 0 unspecified atom stereocenters. The van der Waals surface area contributed by atoms with Crippen LogP contribution in [0.2, 0.25) is 0 Å². The van der Waals surface area contributed by atoms with Crippen LogP contribution in [0.15, 0.2) is 47.5 Å². The van der Waals surface area contributed by atoms with Crippen LogP contribution in [0.5, 0.6) is 0 Å². The Hall–Kier alpha value is -2.04. The van der Waals surface area contributed by atoms with Crippen LogP contribution in [0.4, 0.5) is 22.7 Å². The molecule has 4 nitrogen and oxygen atoms in total. The summed E-state index contributed by atoms with van der Waals surface area (Å²) in [5, 5.41) is 3.53. The number of anilines is 3. The fourth-order valence-corrected chi connectivity index (χ4v) is 3.09. The molecule has 23 heavy (non-hydrogen) atoms. The smallest absolute Gasteiger partial charge is 0.0864 e. The molecule has 0 radical (unpaired) electrons. The second kappa shape index (κ2) is 6.60. The number of nitrogens with one attached hydrogen (secondary N) is 1. The van der Waals surface area contributed by atoms with Crippen molar-refractivity contribution in [3.63, 3.8) is 0 Å². The molecule has 2 heterocycles. The van der Waals surface area contributed by atoms with E-state index >= 15 is 0 Å². The molecule has 0 aromatic heterocycles. The Morgan fingerprint density at radius 3 is 2.48 bits per heavy atom. The van der Waals surface area contributed by atoms with Crippen molar-refractivity contribution in [2.75, 3.05) is 43.4 Å². The molecule has 2 aromatic rings. The van der Waals surface area contributed by atoms with Crippen molar-refractivity contribution in [2.24, 2.45) is 4.99 Å². The Balaban J connectivity index is 0.00000156. The summed E-state index contributed by atoms with van der Waals surface area (Å²) in [5.74, 6) is 0. The predicted octanol–water partition coefficient (Wildman–Crippen LogP) is 3.67. The molecular weight excluding hydrogens is 308 g/mol. The van der Waals surface area contributed by atoms with E-state index in [1.807, 2.05) is 24.4 Å². The lowest BCUT2D eigenvalue weighted by molar-refractivity contribution is 0.313. The number of para-hydroxylation sites is 2. The van der Waals surface area contributed by atoms with Crippen molar-refractivity contribution < 1.29 is 0 Å². The number of nitrogens with zero attached hydrogens (tertiary/aromatic N) is 3. The van der Waals surface area contributed by atoms with Gasteiger partial charge >= 0.3 is 0 Å². The molecule has 120 valence electrons. The van der Waals surface area contributed by atoms with Gasteiger partial charge in [0.05, 0.1) is 11.4 Å². The number of likely N-dealkylation sites (N-methyl/N-ethyl adjacent to an activating group) is 1. The van der Waals surface area contributed by atoms with E-state index in [0.717, 1.165) is 43.2 Å². The number of piperazine rings is 1. The summed E-state index contributed by atoms with van der Waals surface area (Å²) in [7, 11) is 2.18. The second-order valence-electron chi connectivity index (χ2n) is 5.93. The molecule has 0 bridgehead atoms. The summed E-state index contributed by atoms with van der Waals surface area (Å²) in [6.07, 6.45) is 2.00. The van der Waals surface area contributed by atoms with Gasteiger partial charge in [-0.25, -0.2) is 0 Å². The first kappa shape index (κ1) is 15.8. The van der Waals surface area contributed by atoms with Crippen molar-refractivity contribution in [3.05, 3.63) is 48.0 Å². The average Bonchev–Trinajstić information content (AvgIpc) is 2.74. The zero-order chi connectivity index (χ0) is 14.9. The van der Waals surface area contributed by atoms with Gasteiger partial charge in [-0.3, -0.25) is 4.99 Å². The number of hydrogen-bond acceptors (Lipinski definition) is 4. The Morgan fingerprint density at radius 2 is 1.65 bits per heavy atom. The van der Waals surface area contributed by atoms with Gasteiger partial charge in [0.25, 0.3) is 0 Å². The maximum absolute atomic E-state index is 4.67. The van der Waals surface area contributed by atoms with Crippen molar-refractivity contribution in [2.45, 2.75) is 0 Å². The number of aliphatic imine (C=N–C) groups is 1. The quantitative estimate of drug-likeness (QED) is 0.739. The van der Waals surface area contributed by atoms with Gasteiger partial charge in [0.15, 0.2) is 0 Å². The lowest BCUT2D eigenvalue weighted by Crippen LogP contribution is -2.44. The largest absolute Gasteiger partial charge is 0.368 e. The zero-order valence-corrected chi connectivity index (χ0v) is 14.0. The first-order chi connectivity index (χ1) is 10.8. The minimum Gasteiger partial charge on any atom is -0.368 e. The highest BCUT2D eigenvalue weighted by molar-refractivity contribution is 6.00. The Labute approximate surface area is 143 Å². The van der Waals surface area contributed by atoms with Gasteiger partial charge < -0.3 is 15.1 Å². The maximum Gasteiger partial charge on any atom is 0.0864 e. The van der Waals surface area contributed by atoms with E-state index in [9.17, 15) is 0 Å². The third-order valence-electron chi connectivity index (χ3n) is 4.43. The van der Waals surface area contributed by atoms with Gasteiger partial charge in [-0.1, -0.05) is 18.2 Å². The molecule has 4 rings (SSSR count). The molecular formula is C18H21ClN4. The third kappa shape index (κ3) is 3.05. The topological polar surface area (TPSA) is 30.9 Å². The van der Waals surface area contributed by atoms with Gasteiger partial charge in [0.2, 0.25) is 0 Å². The minimum absolute atomic E-state index is 0. The van der Waals surface area contributed by atoms with Crippen LogP contribution in [-0.4, -0.2) is 44.3 Å². The first-order valence-corrected chi connectivity index (χ1v) is 7.78. The summed E-state index contributed by atoms with van der Waals surface area (Å²) in [4.78, 5) is 9.51. The molecule has 2 aromatic carbocycles. The van der Waals surface area contributed by atoms with Crippen LogP contribution in [0, 0.1) is 0 Å².